The standard InChI is InChI=1S/C20H29N3O3/c21-18-7-4-10-23(14-18)19(24)13-16-8-11-22(12-9-16)20(25)26-15-17-5-2-1-3-6-17/h1-3,5-6,16,18H,4,7-15,21H2. The summed E-state index contributed by atoms with van der Waals surface area (Å²) in [4.78, 5) is 28.3. The zero-order valence-electron chi connectivity index (χ0n) is 15.3. The molecular weight excluding hydrogens is 330 g/mol. The molecule has 2 heterocycles. The Morgan fingerprint density at radius 1 is 1.04 bits per heavy atom. The molecule has 1 aromatic rings. The van der Waals surface area contributed by atoms with Gasteiger partial charge in [-0.05, 0) is 37.2 Å². The summed E-state index contributed by atoms with van der Waals surface area (Å²) in [6.45, 7) is 3.13. The Balaban J connectivity index is 1.38. The van der Waals surface area contributed by atoms with E-state index in [4.69, 9.17) is 10.5 Å². The summed E-state index contributed by atoms with van der Waals surface area (Å²) >= 11 is 0. The normalized spacial score (nSPS) is 21.5. The molecule has 2 amide bonds. The van der Waals surface area contributed by atoms with E-state index in [0.29, 0.717) is 38.6 Å². The molecule has 2 saturated heterocycles. The van der Waals surface area contributed by atoms with Gasteiger partial charge in [-0.2, -0.15) is 0 Å². The van der Waals surface area contributed by atoms with Gasteiger partial charge in [-0.1, -0.05) is 30.3 Å². The van der Waals surface area contributed by atoms with Crippen LogP contribution in [0.15, 0.2) is 30.3 Å². The van der Waals surface area contributed by atoms with Crippen molar-refractivity contribution in [1.82, 2.24) is 9.80 Å². The zero-order chi connectivity index (χ0) is 18.4. The highest BCUT2D eigenvalue weighted by atomic mass is 16.6. The van der Waals surface area contributed by atoms with Crippen molar-refractivity contribution in [2.75, 3.05) is 26.2 Å². The Hall–Kier alpha value is -2.08. The van der Waals surface area contributed by atoms with Gasteiger partial charge in [0.15, 0.2) is 0 Å². The molecule has 2 N–H and O–H groups in total. The van der Waals surface area contributed by atoms with E-state index in [9.17, 15) is 9.59 Å². The van der Waals surface area contributed by atoms with E-state index in [1.807, 2.05) is 35.2 Å². The Bertz CT molecular complexity index is 600. The minimum Gasteiger partial charge on any atom is -0.445 e. The molecule has 0 spiro atoms. The molecule has 0 aliphatic carbocycles. The third-order valence-corrected chi connectivity index (χ3v) is 5.35. The molecule has 2 aliphatic rings. The lowest BCUT2D eigenvalue weighted by molar-refractivity contribution is -0.133. The second-order valence-electron chi connectivity index (χ2n) is 7.42. The van der Waals surface area contributed by atoms with E-state index in [1.54, 1.807) is 4.90 Å². The summed E-state index contributed by atoms with van der Waals surface area (Å²) < 4.78 is 5.39. The molecule has 2 fully saturated rings. The van der Waals surface area contributed by atoms with Crippen molar-refractivity contribution < 1.29 is 14.3 Å². The van der Waals surface area contributed by atoms with Crippen molar-refractivity contribution in [3.05, 3.63) is 35.9 Å². The molecular formula is C20H29N3O3. The topological polar surface area (TPSA) is 75.9 Å². The quantitative estimate of drug-likeness (QED) is 0.895. The van der Waals surface area contributed by atoms with Gasteiger partial charge in [0.2, 0.25) is 5.91 Å². The molecule has 6 nitrogen and oxygen atoms in total. The van der Waals surface area contributed by atoms with Crippen LogP contribution in [0.1, 0.15) is 37.7 Å². The Morgan fingerprint density at radius 2 is 1.77 bits per heavy atom. The Morgan fingerprint density at radius 3 is 2.46 bits per heavy atom. The molecule has 142 valence electrons. The van der Waals surface area contributed by atoms with Gasteiger partial charge in [0.1, 0.15) is 6.61 Å². The zero-order valence-corrected chi connectivity index (χ0v) is 15.3. The number of carbonyl (C=O) groups excluding carboxylic acids is 2. The first kappa shape index (κ1) is 18.7. The van der Waals surface area contributed by atoms with Gasteiger partial charge in [-0.3, -0.25) is 4.79 Å². The number of carbonyl (C=O) groups is 2. The van der Waals surface area contributed by atoms with Crippen molar-refractivity contribution in [2.45, 2.75) is 44.8 Å². The van der Waals surface area contributed by atoms with E-state index in [0.717, 1.165) is 37.8 Å². The van der Waals surface area contributed by atoms with E-state index in [1.165, 1.54) is 0 Å². The molecule has 0 saturated carbocycles. The number of ether oxygens (including phenoxy) is 1. The van der Waals surface area contributed by atoms with Crippen LogP contribution < -0.4 is 5.73 Å². The smallest absolute Gasteiger partial charge is 0.410 e. The van der Waals surface area contributed by atoms with Gasteiger partial charge >= 0.3 is 6.09 Å². The van der Waals surface area contributed by atoms with E-state index >= 15 is 0 Å². The number of piperidine rings is 2. The largest absolute Gasteiger partial charge is 0.445 e. The molecule has 0 bridgehead atoms. The lowest BCUT2D eigenvalue weighted by atomic mass is 9.92. The van der Waals surface area contributed by atoms with Crippen LogP contribution in [0, 0.1) is 5.92 Å². The fraction of sp³-hybridized carbons (Fsp3) is 0.600. The lowest BCUT2D eigenvalue weighted by Crippen LogP contribution is -2.46. The predicted octanol–water partition coefficient (Wildman–Crippen LogP) is 2.38. The summed E-state index contributed by atoms with van der Waals surface area (Å²) in [6, 6.07) is 9.81. The Labute approximate surface area is 155 Å². The SMILES string of the molecule is NC1CCCN(C(=O)CC2CCN(C(=O)OCc3ccccc3)CC2)C1. The molecule has 3 rings (SSSR count). The number of nitrogens with zero attached hydrogens (tertiary/aromatic N) is 2. The van der Waals surface area contributed by atoms with Crippen molar-refractivity contribution in [3.63, 3.8) is 0 Å². The molecule has 1 aromatic carbocycles. The monoisotopic (exact) mass is 359 g/mol. The number of benzene rings is 1. The average molecular weight is 359 g/mol. The van der Waals surface area contributed by atoms with Crippen LogP contribution in [-0.2, 0) is 16.1 Å². The van der Waals surface area contributed by atoms with E-state index < -0.39 is 0 Å². The van der Waals surface area contributed by atoms with Gasteiger partial charge in [0.25, 0.3) is 0 Å². The van der Waals surface area contributed by atoms with Gasteiger partial charge in [0.05, 0.1) is 0 Å². The van der Waals surface area contributed by atoms with Crippen LogP contribution in [0.4, 0.5) is 4.79 Å². The first-order chi connectivity index (χ1) is 12.6. The van der Waals surface area contributed by atoms with E-state index in [-0.39, 0.29) is 18.0 Å². The van der Waals surface area contributed by atoms with Gasteiger partial charge in [0, 0.05) is 38.6 Å². The fourth-order valence-electron chi connectivity index (χ4n) is 3.74. The van der Waals surface area contributed by atoms with Crippen LogP contribution in [-0.4, -0.2) is 54.0 Å². The minimum absolute atomic E-state index is 0.119. The second-order valence-corrected chi connectivity index (χ2v) is 7.42. The number of amides is 2. The molecule has 0 aromatic heterocycles. The van der Waals surface area contributed by atoms with E-state index in [2.05, 4.69) is 0 Å². The summed E-state index contributed by atoms with van der Waals surface area (Å²) in [5.41, 5.74) is 6.95. The van der Waals surface area contributed by atoms with Crippen LogP contribution in [0.2, 0.25) is 0 Å². The van der Waals surface area contributed by atoms with Crippen LogP contribution in [0.5, 0.6) is 0 Å². The highest BCUT2D eigenvalue weighted by molar-refractivity contribution is 5.76. The van der Waals surface area contributed by atoms with Crippen molar-refractivity contribution >= 4 is 12.0 Å². The number of likely N-dealkylation sites (tertiary alicyclic amines) is 2. The maximum atomic E-state index is 12.5. The minimum atomic E-state index is -0.263. The average Bonchev–Trinajstić information content (AvgIpc) is 2.67. The van der Waals surface area contributed by atoms with Crippen LogP contribution >= 0.6 is 0 Å². The Kier molecular flexibility index (Phi) is 6.50. The van der Waals surface area contributed by atoms with Crippen molar-refractivity contribution in [3.8, 4) is 0 Å². The summed E-state index contributed by atoms with van der Waals surface area (Å²) in [5.74, 6) is 0.559. The summed E-state index contributed by atoms with van der Waals surface area (Å²) in [5, 5.41) is 0. The van der Waals surface area contributed by atoms with Crippen LogP contribution in [0.25, 0.3) is 0 Å². The number of hydrogen-bond donors (Lipinski definition) is 1. The van der Waals surface area contributed by atoms with Gasteiger partial charge < -0.3 is 20.3 Å². The first-order valence-electron chi connectivity index (χ1n) is 9.61. The summed E-state index contributed by atoms with van der Waals surface area (Å²) in [7, 11) is 0. The predicted molar refractivity (Wildman–Crippen MR) is 99.3 cm³/mol. The first-order valence-corrected chi connectivity index (χ1v) is 9.61. The van der Waals surface area contributed by atoms with Gasteiger partial charge in [-0.25, -0.2) is 4.79 Å². The second kappa shape index (κ2) is 9.03. The molecule has 26 heavy (non-hydrogen) atoms. The fourth-order valence-corrected chi connectivity index (χ4v) is 3.74. The molecule has 0 radical (unpaired) electrons. The highest BCUT2D eigenvalue weighted by Gasteiger charge is 2.28. The maximum absolute atomic E-state index is 12.5. The number of nitrogens with two attached hydrogens (primary N) is 1. The third-order valence-electron chi connectivity index (χ3n) is 5.35. The maximum Gasteiger partial charge on any atom is 0.410 e. The summed E-state index contributed by atoms with van der Waals surface area (Å²) in [6.07, 6.45) is 4.02. The van der Waals surface area contributed by atoms with Crippen LogP contribution in [0.3, 0.4) is 0 Å². The molecule has 1 atom stereocenters. The van der Waals surface area contributed by atoms with Gasteiger partial charge in [-0.15, -0.1) is 0 Å². The van der Waals surface area contributed by atoms with Crippen molar-refractivity contribution in [1.29, 1.82) is 0 Å². The molecule has 1 unspecified atom stereocenters. The number of hydrogen-bond acceptors (Lipinski definition) is 4. The molecule has 6 heteroatoms. The lowest BCUT2D eigenvalue weighted by Gasteiger charge is -2.34. The third kappa shape index (κ3) is 5.21. The van der Waals surface area contributed by atoms with Crippen molar-refractivity contribution in [2.24, 2.45) is 11.7 Å². The highest BCUT2D eigenvalue weighted by Crippen LogP contribution is 2.23. The molecule has 2 aliphatic heterocycles. The number of rotatable bonds is 4.